The van der Waals surface area contributed by atoms with Gasteiger partial charge in [0.15, 0.2) is 0 Å². The van der Waals surface area contributed by atoms with Crippen LogP contribution in [0, 0.1) is 0 Å². The zero-order valence-electron chi connectivity index (χ0n) is 9.62. The molecule has 2 aromatic rings. The van der Waals surface area contributed by atoms with Crippen molar-refractivity contribution < 1.29 is 13.2 Å². The summed E-state index contributed by atoms with van der Waals surface area (Å²) in [5.41, 5.74) is 0.168. The molecule has 0 unspecified atom stereocenters. The van der Waals surface area contributed by atoms with Crippen LogP contribution in [0.25, 0.3) is 0 Å². The molecule has 0 N–H and O–H groups in total. The van der Waals surface area contributed by atoms with Gasteiger partial charge in [-0.3, -0.25) is 0 Å². The summed E-state index contributed by atoms with van der Waals surface area (Å²) in [6.07, 6.45) is -2.70. The van der Waals surface area contributed by atoms with Gasteiger partial charge in [-0.25, -0.2) is 4.98 Å². The van der Waals surface area contributed by atoms with Gasteiger partial charge < -0.3 is 0 Å². The molecule has 0 aliphatic rings. The molecular weight excluding hydrogens is 295 g/mol. The molecule has 6 heteroatoms. The minimum atomic E-state index is -4.29. The summed E-state index contributed by atoms with van der Waals surface area (Å²) >= 11 is 7.24. The molecule has 0 saturated carbocycles. The average Bonchev–Trinajstić information content (AvgIpc) is 2.36. The summed E-state index contributed by atoms with van der Waals surface area (Å²) < 4.78 is 37.2. The van der Waals surface area contributed by atoms with Crippen LogP contribution >= 0.6 is 23.4 Å². The van der Waals surface area contributed by atoms with Crippen LogP contribution in [0.15, 0.2) is 47.6 Å². The molecule has 100 valence electrons. The van der Waals surface area contributed by atoms with Crippen molar-refractivity contribution in [1.29, 1.82) is 0 Å². The van der Waals surface area contributed by atoms with Crippen LogP contribution in [0.3, 0.4) is 0 Å². The van der Waals surface area contributed by atoms with Gasteiger partial charge in [-0.05, 0) is 29.8 Å². The Hall–Kier alpha value is -1.20. The highest BCUT2D eigenvalue weighted by molar-refractivity contribution is 7.98. The molecule has 1 aromatic heterocycles. The number of halogens is 4. The van der Waals surface area contributed by atoms with Crippen molar-refractivity contribution >= 4 is 23.4 Å². The molecule has 0 saturated heterocycles. The highest BCUT2D eigenvalue weighted by Gasteiger charge is 2.29. The molecule has 19 heavy (non-hydrogen) atoms. The summed E-state index contributed by atoms with van der Waals surface area (Å²) in [5.74, 6) is 0.547. The zero-order chi connectivity index (χ0) is 13.9. The maximum atomic E-state index is 12.4. The zero-order valence-corrected chi connectivity index (χ0v) is 11.2. The Bertz CT molecular complexity index is 555. The van der Waals surface area contributed by atoms with Crippen LogP contribution in [0.1, 0.15) is 11.1 Å². The van der Waals surface area contributed by atoms with Crippen LogP contribution in [0.4, 0.5) is 13.2 Å². The maximum Gasteiger partial charge on any atom is 0.416 e. The molecule has 0 spiro atoms. The summed E-state index contributed by atoms with van der Waals surface area (Å²) in [6, 6.07) is 8.50. The van der Waals surface area contributed by atoms with Crippen LogP contribution in [0.5, 0.6) is 0 Å². The molecule has 1 heterocycles. The largest absolute Gasteiger partial charge is 0.416 e. The van der Waals surface area contributed by atoms with E-state index in [-0.39, 0.29) is 0 Å². The van der Waals surface area contributed by atoms with Gasteiger partial charge in [-0.1, -0.05) is 23.7 Å². The molecule has 0 aliphatic heterocycles. The SMILES string of the molecule is FC(F)(F)c1ccc(CSc2cc(Cl)ccn2)cc1. The lowest BCUT2D eigenvalue weighted by Crippen LogP contribution is -2.04. The van der Waals surface area contributed by atoms with Gasteiger partial charge in [0.25, 0.3) is 0 Å². The fraction of sp³-hybridized carbons (Fsp3) is 0.154. The molecule has 1 aromatic carbocycles. The molecule has 0 aliphatic carbocycles. The number of hydrogen-bond acceptors (Lipinski definition) is 2. The Kier molecular flexibility index (Phi) is 4.37. The topological polar surface area (TPSA) is 12.9 Å². The first-order valence-electron chi connectivity index (χ1n) is 5.35. The molecule has 1 nitrogen and oxygen atoms in total. The third kappa shape index (κ3) is 4.14. The molecular formula is C13H9ClF3NS. The molecule has 2 rings (SSSR count). The van der Waals surface area contributed by atoms with Gasteiger partial charge in [-0.2, -0.15) is 13.2 Å². The number of thioether (sulfide) groups is 1. The number of alkyl halides is 3. The monoisotopic (exact) mass is 303 g/mol. The van der Waals surface area contributed by atoms with Crippen LogP contribution in [-0.2, 0) is 11.9 Å². The second kappa shape index (κ2) is 5.84. The van der Waals surface area contributed by atoms with Crippen molar-refractivity contribution in [2.24, 2.45) is 0 Å². The predicted molar refractivity (Wildman–Crippen MR) is 70.3 cm³/mol. The van der Waals surface area contributed by atoms with Gasteiger partial charge in [0, 0.05) is 17.0 Å². The third-order valence-corrected chi connectivity index (χ3v) is 3.60. The molecule has 0 atom stereocenters. The lowest BCUT2D eigenvalue weighted by Gasteiger charge is -2.07. The van der Waals surface area contributed by atoms with E-state index < -0.39 is 11.7 Å². The van der Waals surface area contributed by atoms with Crippen molar-refractivity contribution in [3.63, 3.8) is 0 Å². The van der Waals surface area contributed by atoms with E-state index in [4.69, 9.17) is 11.6 Å². The lowest BCUT2D eigenvalue weighted by atomic mass is 10.1. The first-order valence-corrected chi connectivity index (χ1v) is 6.72. The number of pyridine rings is 1. The van der Waals surface area contributed by atoms with Crippen molar-refractivity contribution in [3.05, 3.63) is 58.7 Å². The van der Waals surface area contributed by atoms with E-state index >= 15 is 0 Å². The number of aromatic nitrogens is 1. The molecule has 0 amide bonds. The van der Waals surface area contributed by atoms with Crippen molar-refractivity contribution in [1.82, 2.24) is 4.98 Å². The fourth-order valence-electron chi connectivity index (χ4n) is 1.41. The number of rotatable bonds is 3. The summed E-state index contributed by atoms with van der Waals surface area (Å²) in [6.45, 7) is 0. The van der Waals surface area contributed by atoms with Crippen LogP contribution < -0.4 is 0 Å². The number of hydrogen-bond donors (Lipinski definition) is 0. The summed E-state index contributed by atoms with van der Waals surface area (Å²) in [7, 11) is 0. The minimum absolute atomic E-state index is 0.547. The average molecular weight is 304 g/mol. The Morgan fingerprint density at radius 3 is 2.37 bits per heavy atom. The first-order chi connectivity index (χ1) is 8.95. The quantitative estimate of drug-likeness (QED) is 0.736. The van der Waals surface area contributed by atoms with Gasteiger partial charge in [-0.15, -0.1) is 11.8 Å². The predicted octanol–water partition coefficient (Wildman–Crippen LogP) is 5.05. The van der Waals surface area contributed by atoms with Gasteiger partial charge in [0.2, 0.25) is 0 Å². The lowest BCUT2D eigenvalue weighted by molar-refractivity contribution is -0.137. The van der Waals surface area contributed by atoms with Crippen LogP contribution in [-0.4, -0.2) is 4.98 Å². The molecule has 0 fully saturated rings. The van der Waals surface area contributed by atoms with E-state index in [9.17, 15) is 13.2 Å². The Labute approximate surface area is 117 Å². The first kappa shape index (κ1) is 14.2. The normalized spacial score (nSPS) is 11.6. The fourth-order valence-corrected chi connectivity index (χ4v) is 2.49. The third-order valence-electron chi connectivity index (χ3n) is 2.36. The standard InChI is InChI=1S/C13H9ClF3NS/c14-11-5-6-18-12(7-11)19-8-9-1-3-10(4-2-9)13(15,16)17/h1-7H,8H2. The number of nitrogens with zero attached hydrogens (tertiary/aromatic N) is 1. The van der Waals surface area contributed by atoms with Crippen molar-refractivity contribution in [3.8, 4) is 0 Å². The molecule has 0 radical (unpaired) electrons. The van der Waals surface area contributed by atoms with E-state index in [0.717, 1.165) is 22.7 Å². The smallest absolute Gasteiger partial charge is 0.250 e. The van der Waals surface area contributed by atoms with Gasteiger partial charge in [0.1, 0.15) is 0 Å². The Balaban J connectivity index is 2.01. The van der Waals surface area contributed by atoms with E-state index in [1.54, 1.807) is 18.3 Å². The van der Waals surface area contributed by atoms with Crippen LogP contribution in [0.2, 0.25) is 5.02 Å². The van der Waals surface area contributed by atoms with E-state index in [1.165, 1.54) is 23.9 Å². The highest BCUT2D eigenvalue weighted by atomic mass is 35.5. The Morgan fingerprint density at radius 1 is 1.11 bits per heavy atom. The second-order valence-electron chi connectivity index (χ2n) is 3.80. The van der Waals surface area contributed by atoms with Gasteiger partial charge >= 0.3 is 6.18 Å². The van der Waals surface area contributed by atoms with E-state index in [2.05, 4.69) is 4.98 Å². The summed E-state index contributed by atoms with van der Waals surface area (Å²) in [5, 5.41) is 1.33. The Morgan fingerprint density at radius 2 is 1.79 bits per heavy atom. The van der Waals surface area contributed by atoms with Crippen molar-refractivity contribution in [2.75, 3.05) is 0 Å². The maximum absolute atomic E-state index is 12.4. The highest BCUT2D eigenvalue weighted by Crippen LogP contribution is 2.30. The minimum Gasteiger partial charge on any atom is -0.250 e. The molecule has 0 bridgehead atoms. The van der Waals surface area contributed by atoms with Crippen molar-refractivity contribution in [2.45, 2.75) is 17.0 Å². The second-order valence-corrected chi connectivity index (χ2v) is 5.23. The number of benzene rings is 1. The van der Waals surface area contributed by atoms with E-state index in [0.29, 0.717) is 10.8 Å². The summed E-state index contributed by atoms with van der Waals surface area (Å²) in [4.78, 5) is 4.11. The van der Waals surface area contributed by atoms with E-state index in [1.807, 2.05) is 0 Å². The van der Waals surface area contributed by atoms with Gasteiger partial charge in [0.05, 0.1) is 10.6 Å².